The Balaban J connectivity index is 1.88. The van der Waals surface area contributed by atoms with Gasteiger partial charge in [-0.3, -0.25) is 4.98 Å². The van der Waals surface area contributed by atoms with Gasteiger partial charge in [-0.05, 0) is 35.2 Å². The number of nitrogens with two attached hydrogens (primary N) is 1. The lowest BCUT2D eigenvalue weighted by atomic mass is 9.93. The quantitative estimate of drug-likeness (QED) is 0.704. The van der Waals surface area contributed by atoms with Crippen molar-refractivity contribution in [2.75, 3.05) is 20.8 Å². The maximum absolute atomic E-state index is 14.9. The molecular weight excluding hydrogens is 397 g/mol. The molecule has 0 atom stereocenters. The minimum absolute atomic E-state index is 0.157. The second-order valence-electron chi connectivity index (χ2n) is 6.82. The fourth-order valence-electron chi connectivity index (χ4n) is 3.69. The van der Waals surface area contributed by atoms with Gasteiger partial charge in [-0.2, -0.15) is 12.7 Å². The SMILES string of the molecule is COc1cc2ncc(F)c(-c3ccc4c(c3)CN(S(N)(=O)=O)CC4)c2cc1OC. The maximum Gasteiger partial charge on any atom is 0.277 e. The van der Waals surface area contributed by atoms with E-state index in [-0.39, 0.29) is 6.54 Å². The van der Waals surface area contributed by atoms with E-state index in [0.29, 0.717) is 46.5 Å². The smallest absolute Gasteiger partial charge is 0.277 e. The molecule has 0 bridgehead atoms. The third-order valence-corrected chi connectivity index (χ3v) is 6.19. The first-order valence-electron chi connectivity index (χ1n) is 8.92. The molecule has 2 N–H and O–H groups in total. The average molecular weight is 417 g/mol. The van der Waals surface area contributed by atoms with Crippen LogP contribution in [-0.2, 0) is 23.2 Å². The van der Waals surface area contributed by atoms with E-state index in [2.05, 4.69) is 4.98 Å². The molecule has 3 aromatic rings. The third-order valence-electron chi connectivity index (χ3n) is 5.16. The Labute approximate surface area is 168 Å². The average Bonchev–Trinajstić information content (AvgIpc) is 2.71. The molecule has 152 valence electrons. The molecule has 7 nitrogen and oxygen atoms in total. The highest BCUT2D eigenvalue weighted by molar-refractivity contribution is 7.86. The van der Waals surface area contributed by atoms with Crippen LogP contribution in [0.4, 0.5) is 4.39 Å². The minimum Gasteiger partial charge on any atom is -0.493 e. The molecule has 4 rings (SSSR count). The van der Waals surface area contributed by atoms with Crippen molar-refractivity contribution in [3.63, 3.8) is 0 Å². The van der Waals surface area contributed by atoms with Crippen molar-refractivity contribution < 1.29 is 22.3 Å². The van der Waals surface area contributed by atoms with Gasteiger partial charge in [-0.25, -0.2) is 9.53 Å². The summed E-state index contributed by atoms with van der Waals surface area (Å²) < 4.78 is 50.2. The lowest BCUT2D eigenvalue weighted by molar-refractivity contribution is 0.356. The molecule has 1 aromatic heterocycles. The van der Waals surface area contributed by atoms with Gasteiger partial charge in [0.05, 0.1) is 25.9 Å². The Hall–Kier alpha value is -2.75. The van der Waals surface area contributed by atoms with E-state index < -0.39 is 16.0 Å². The second-order valence-corrected chi connectivity index (χ2v) is 8.36. The van der Waals surface area contributed by atoms with Gasteiger partial charge < -0.3 is 9.47 Å². The third kappa shape index (κ3) is 3.52. The van der Waals surface area contributed by atoms with Crippen molar-refractivity contribution in [3.8, 4) is 22.6 Å². The van der Waals surface area contributed by atoms with Crippen molar-refractivity contribution in [2.24, 2.45) is 5.14 Å². The molecule has 0 unspecified atom stereocenters. The number of pyridine rings is 1. The lowest BCUT2D eigenvalue weighted by Crippen LogP contribution is -2.40. The Morgan fingerprint density at radius 3 is 2.52 bits per heavy atom. The highest BCUT2D eigenvalue weighted by atomic mass is 32.2. The first-order valence-corrected chi connectivity index (χ1v) is 10.4. The van der Waals surface area contributed by atoms with Crippen molar-refractivity contribution in [1.82, 2.24) is 9.29 Å². The van der Waals surface area contributed by atoms with Gasteiger partial charge in [-0.15, -0.1) is 0 Å². The number of methoxy groups -OCH3 is 2. The molecule has 1 aliphatic heterocycles. The van der Waals surface area contributed by atoms with E-state index in [1.165, 1.54) is 24.7 Å². The summed E-state index contributed by atoms with van der Waals surface area (Å²) in [6, 6.07) is 8.92. The normalized spacial score (nSPS) is 14.6. The van der Waals surface area contributed by atoms with Gasteiger partial charge in [0.15, 0.2) is 11.5 Å². The van der Waals surface area contributed by atoms with Crippen LogP contribution in [0, 0.1) is 5.82 Å². The van der Waals surface area contributed by atoms with Gasteiger partial charge in [0.2, 0.25) is 0 Å². The number of benzene rings is 2. The summed E-state index contributed by atoms with van der Waals surface area (Å²) in [4.78, 5) is 4.17. The molecule has 0 radical (unpaired) electrons. The number of aromatic nitrogens is 1. The number of hydrogen-bond acceptors (Lipinski definition) is 5. The molecule has 9 heteroatoms. The predicted molar refractivity (Wildman–Crippen MR) is 107 cm³/mol. The second kappa shape index (κ2) is 7.25. The first kappa shape index (κ1) is 19.6. The number of ether oxygens (including phenoxy) is 2. The Kier molecular flexibility index (Phi) is 4.89. The van der Waals surface area contributed by atoms with Crippen molar-refractivity contribution in [3.05, 3.63) is 53.5 Å². The number of fused-ring (bicyclic) bond motifs is 2. The van der Waals surface area contributed by atoms with Crippen molar-refractivity contribution in [2.45, 2.75) is 13.0 Å². The van der Waals surface area contributed by atoms with Gasteiger partial charge in [0, 0.05) is 30.1 Å². The summed E-state index contributed by atoms with van der Waals surface area (Å²) in [5.41, 5.74) is 3.37. The number of hydrogen-bond donors (Lipinski definition) is 1. The van der Waals surface area contributed by atoms with E-state index in [0.717, 1.165) is 11.1 Å². The fourth-order valence-corrected chi connectivity index (χ4v) is 4.36. The van der Waals surface area contributed by atoms with E-state index >= 15 is 0 Å². The van der Waals surface area contributed by atoms with Gasteiger partial charge in [-0.1, -0.05) is 12.1 Å². The molecule has 2 heterocycles. The Morgan fingerprint density at radius 1 is 1.10 bits per heavy atom. The molecule has 2 aromatic carbocycles. The van der Waals surface area contributed by atoms with Crippen LogP contribution in [0.15, 0.2) is 36.5 Å². The molecular formula is C20H20FN3O4S. The molecule has 0 amide bonds. The number of rotatable bonds is 4. The molecule has 0 spiro atoms. The highest BCUT2D eigenvalue weighted by Crippen LogP contribution is 2.38. The summed E-state index contributed by atoms with van der Waals surface area (Å²) in [6.45, 7) is 0.485. The zero-order valence-electron chi connectivity index (χ0n) is 16.0. The summed E-state index contributed by atoms with van der Waals surface area (Å²) in [5, 5.41) is 5.85. The molecule has 29 heavy (non-hydrogen) atoms. The zero-order valence-corrected chi connectivity index (χ0v) is 16.8. The summed E-state index contributed by atoms with van der Waals surface area (Å²) in [7, 11) is -0.753. The van der Waals surface area contributed by atoms with Crippen LogP contribution < -0.4 is 14.6 Å². The van der Waals surface area contributed by atoms with Crippen LogP contribution in [0.5, 0.6) is 11.5 Å². The Morgan fingerprint density at radius 2 is 1.83 bits per heavy atom. The fraction of sp³-hybridized carbons (Fsp3) is 0.250. The molecule has 0 saturated carbocycles. The van der Waals surface area contributed by atoms with E-state index in [9.17, 15) is 12.8 Å². The molecule has 1 aliphatic rings. The number of halogens is 1. The van der Waals surface area contributed by atoms with Crippen LogP contribution in [0.2, 0.25) is 0 Å². The summed E-state index contributed by atoms with van der Waals surface area (Å²) in [5.74, 6) is 0.482. The van der Waals surface area contributed by atoms with Crippen LogP contribution in [0.1, 0.15) is 11.1 Å². The van der Waals surface area contributed by atoms with Crippen LogP contribution in [0.3, 0.4) is 0 Å². The summed E-state index contributed by atoms with van der Waals surface area (Å²) >= 11 is 0. The van der Waals surface area contributed by atoms with Gasteiger partial charge >= 0.3 is 0 Å². The van der Waals surface area contributed by atoms with Crippen molar-refractivity contribution in [1.29, 1.82) is 0 Å². The van der Waals surface area contributed by atoms with Gasteiger partial charge in [0.25, 0.3) is 10.2 Å². The minimum atomic E-state index is -3.79. The van der Waals surface area contributed by atoms with Crippen LogP contribution >= 0.6 is 0 Å². The van der Waals surface area contributed by atoms with Crippen LogP contribution in [0.25, 0.3) is 22.0 Å². The van der Waals surface area contributed by atoms with E-state index in [4.69, 9.17) is 14.6 Å². The van der Waals surface area contributed by atoms with Gasteiger partial charge in [0.1, 0.15) is 5.82 Å². The standard InChI is InChI=1S/C20H20FN3O4S/c1-27-18-8-15-17(9-19(18)28-2)23-10-16(21)20(15)13-4-3-12-5-6-24(29(22,25)26)11-14(12)7-13/h3-4,7-10H,5-6,11H2,1-2H3,(H2,22,25,26). The highest BCUT2D eigenvalue weighted by Gasteiger charge is 2.24. The molecule has 0 aliphatic carbocycles. The van der Waals surface area contributed by atoms with Crippen molar-refractivity contribution >= 4 is 21.1 Å². The van der Waals surface area contributed by atoms with E-state index in [1.54, 1.807) is 18.2 Å². The lowest BCUT2D eigenvalue weighted by Gasteiger charge is -2.26. The first-order chi connectivity index (χ1) is 13.8. The maximum atomic E-state index is 14.9. The van der Waals surface area contributed by atoms with Crippen LogP contribution in [-0.4, -0.2) is 38.5 Å². The Bertz CT molecular complexity index is 1210. The molecule has 0 saturated heterocycles. The van der Waals surface area contributed by atoms with E-state index in [1.807, 2.05) is 12.1 Å². The molecule has 0 fully saturated rings. The largest absolute Gasteiger partial charge is 0.493 e. The monoisotopic (exact) mass is 417 g/mol. The summed E-state index contributed by atoms with van der Waals surface area (Å²) in [6.07, 6.45) is 1.72. The zero-order chi connectivity index (χ0) is 20.8. The number of nitrogens with zero attached hydrogens (tertiary/aromatic N) is 2. The topological polar surface area (TPSA) is 94.7 Å². The predicted octanol–water partition coefficient (Wildman–Crippen LogP) is 2.62.